The number of hydrogen-bond donors (Lipinski definition) is 1. The zero-order chi connectivity index (χ0) is 24.1. The molecular formula is C26H31NO6. The number of unbranched alkanes of at least 4 members (excludes halogenated alkanes) is 1. The van der Waals surface area contributed by atoms with E-state index >= 15 is 0 Å². The van der Waals surface area contributed by atoms with Crippen LogP contribution in [0.2, 0.25) is 0 Å². The average molecular weight is 454 g/mol. The average Bonchev–Trinajstić information content (AvgIpc) is 3.06. The van der Waals surface area contributed by atoms with Crippen molar-refractivity contribution in [3.63, 3.8) is 0 Å². The van der Waals surface area contributed by atoms with E-state index in [0.29, 0.717) is 29.4 Å². The lowest BCUT2D eigenvalue weighted by Gasteiger charge is -2.25. The van der Waals surface area contributed by atoms with Crippen molar-refractivity contribution in [2.45, 2.75) is 45.8 Å². The van der Waals surface area contributed by atoms with Gasteiger partial charge in [-0.3, -0.25) is 9.59 Å². The summed E-state index contributed by atoms with van der Waals surface area (Å²) in [5.74, 6) is 0.0343. The van der Waals surface area contributed by atoms with Gasteiger partial charge in [0.05, 0.1) is 31.9 Å². The molecule has 7 heteroatoms. The number of benzene rings is 2. The van der Waals surface area contributed by atoms with Gasteiger partial charge in [0.1, 0.15) is 11.5 Å². The molecule has 0 saturated carbocycles. The van der Waals surface area contributed by atoms with Gasteiger partial charge in [0.25, 0.3) is 11.7 Å². The number of carbonyl (C=O) groups excluding carboxylic acids is 2. The molecular weight excluding hydrogens is 422 g/mol. The molecule has 33 heavy (non-hydrogen) atoms. The molecule has 1 fully saturated rings. The van der Waals surface area contributed by atoms with Crippen LogP contribution in [-0.4, -0.2) is 48.6 Å². The van der Waals surface area contributed by atoms with Crippen molar-refractivity contribution in [1.29, 1.82) is 0 Å². The van der Waals surface area contributed by atoms with Gasteiger partial charge in [-0.25, -0.2) is 0 Å². The van der Waals surface area contributed by atoms with Crippen molar-refractivity contribution >= 4 is 17.4 Å². The van der Waals surface area contributed by atoms with E-state index < -0.39 is 17.7 Å². The van der Waals surface area contributed by atoms with Crippen LogP contribution in [0, 0.1) is 0 Å². The number of likely N-dealkylation sites (tertiary alicyclic amines) is 1. The van der Waals surface area contributed by atoms with Crippen molar-refractivity contribution in [2.75, 3.05) is 20.8 Å². The molecule has 1 unspecified atom stereocenters. The first kappa shape index (κ1) is 24.2. The molecule has 1 aliphatic heterocycles. The number of Topliss-reactive ketones (excluding diaryl/α,β-unsaturated/α-hetero) is 1. The summed E-state index contributed by atoms with van der Waals surface area (Å²) in [6, 6.07) is 11.4. The molecule has 0 radical (unpaired) electrons. The molecule has 176 valence electrons. The number of aliphatic hydroxyl groups is 1. The molecule has 0 aliphatic carbocycles. The number of carbonyl (C=O) groups is 2. The van der Waals surface area contributed by atoms with E-state index in [-0.39, 0.29) is 17.4 Å². The fraction of sp³-hybridized carbons (Fsp3) is 0.385. The molecule has 7 nitrogen and oxygen atoms in total. The topological polar surface area (TPSA) is 85.3 Å². The Morgan fingerprint density at radius 2 is 1.70 bits per heavy atom. The lowest BCUT2D eigenvalue weighted by atomic mass is 9.95. The van der Waals surface area contributed by atoms with Crippen LogP contribution < -0.4 is 14.2 Å². The maximum Gasteiger partial charge on any atom is 0.295 e. The smallest absolute Gasteiger partial charge is 0.295 e. The van der Waals surface area contributed by atoms with Crippen molar-refractivity contribution in [1.82, 2.24) is 4.90 Å². The summed E-state index contributed by atoms with van der Waals surface area (Å²) in [5, 5.41) is 11.2. The fourth-order valence-electron chi connectivity index (χ4n) is 3.93. The molecule has 1 N–H and O–H groups in total. The third-order valence-electron chi connectivity index (χ3n) is 5.52. The second kappa shape index (κ2) is 10.4. The summed E-state index contributed by atoms with van der Waals surface area (Å²) in [7, 11) is 3.01. The number of hydrogen-bond acceptors (Lipinski definition) is 6. The maximum absolute atomic E-state index is 13.1. The van der Waals surface area contributed by atoms with Crippen molar-refractivity contribution in [2.24, 2.45) is 0 Å². The summed E-state index contributed by atoms with van der Waals surface area (Å²) >= 11 is 0. The molecule has 1 heterocycles. The van der Waals surface area contributed by atoms with Crippen molar-refractivity contribution in [3.05, 3.63) is 59.2 Å². The van der Waals surface area contributed by atoms with Crippen LogP contribution in [0.5, 0.6) is 17.2 Å². The lowest BCUT2D eigenvalue weighted by Crippen LogP contribution is -2.30. The zero-order valence-electron chi connectivity index (χ0n) is 19.8. The standard InChI is InChI=1S/C26H31NO6/c1-6-7-14-27-23(17-8-11-19(12-9-17)33-16(2)3)22(25(29)26(27)30)24(28)18-10-13-20(31-4)21(15-18)32-5/h8-13,15-16,23,28H,6-7,14H2,1-5H3/b24-22-. The number of nitrogens with zero attached hydrogens (tertiary/aromatic N) is 1. The summed E-state index contributed by atoms with van der Waals surface area (Å²) in [4.78, 5) is 27.6. The monoisotopic (exact) mass is 453 g/mol. The number of methoxy groups -OCH3 is 2. The third-order valence-corrected chi connectivity index (χ3v) is 5.52. The molecule has 3 rings (SSSR count). The predicted molar refractivity (Wildman–Crippen MR) is 126 cm³/mol. The van der Waals surface area contributed by atoms with Crippen LogP contribution in [0.25, 0.3) is 5.76 Å². The van der Waals surface area contributed by atoms with Gasteiger partial charge in [-0.1, -0.05) is 25.5 Å². The lowest BCUT2D eigenvalue weighted by molar-refractivity contribution is -0.139. The highest BCUT2D eigenvalue weighted by molar-refractivity contribution is 6.46. The molecule has 1 amide bonds. The van der Waals surface area contributed by atoms with E-state index in [4.69, 9.17) is 14.2 Å². The summed E-state index contributed by atoms with van der Waals surface area (Å²) < 4.78 is 16.3. The number of ether oxygens (including phenoxy) is 3. The number of aliphatic hydroxyl groups excluding tert-OH is 1. The number of ketones is 1. The SMILES string of the molecule is CCCCN1C(=O)C(=O)/C(=C(\O)c2ccc(OC)c(OC)c2)C1c1ccc(OC(C)C)cc1. The first-order valence-electron chi connectivity index (χ1n) is 11.1. The van der Waals surface area contributed by atoms with Gasteiger partial charge in [-0.2, -0.15) is 0 Å². The first-order valence-corrected chi connectivity index (χ1v) is 11.1. The van der Waals surface area contributed by atoms with E-state index in [1.54, 1.807) is 18.2 Å². The minimum Gasteiger partial charge on any atom is -0.507 e. The van der Waals surface area contributed by atoms with Gasteiger partial charge in [0, 0.05) is 12.1 Å². The van der Waals surface area contributed by atoms with Gasteiger partial charge < -0.3 is 24.2 Å². The Balaban J connectivity index is 2.12. The Morgan fingerprint density at radius 3 is 2.27 bits per heavy atom. The second-order valence-corrected chi connectivity index (χ2v) is 8.15. The Hall–Kier alpha value is -3.48. The molecule has 1 saturated heterocycles. The molecule has 1 aliphatic rings. The summed E-state index contributed by atoms with van der Waals surface area (Å²) in [5.41, 5.74) is 1.15. The highest BCUT2D eigenvalue weighted by atomic mass is 16.5. The molecule has 2 aromatic carbocycles. The third kappa shape index (κ3) is 4.97. The number of rotatable bonds is 9. The molecule has 2 aromatic rings. The quantitative estimate of drug-likeness (QED) is 0.336. The van der Waals surface area contributed by atoms with E-state index in [1.807, 2.05) is 45.0 Å². The second-order valence-electron chi connectivity index (χ2n) is 8.15. The van der Waals surface area contributed by atoms with Gasteiger partial charge in [0.15, 0.2) is 11.5 Å². The van der Waals surface area contributed by atoms with Crippen LogP contribution in [0.3, 0.4) is 0 Å². The van der Waals surface area contributed by atoms with Gasteiger partial charge in [-0.15, -0.1) is 0 Å². The van der Waals surface area contributed by atoms with Crippen LogP contribution >= 0.6 is 0 Å². The predicted octanol–water partition coefficient (Wildman–Crippen LogP) is 4.71. The largest absolute Gasteiger partial charge is 0.507 e. The summed E-state index contributed by atoms with van der Waals surface area (Å²) in [6.45, 7) is 6.32. The molecule has 1 atom stereocenters. The minimum atomic E-state index is -0.703. The van der Waals surface area contributed by atoms with Crippen LogP contribution in [0.15, 0.2) is 48.0 Å². The minimum absolute atomic E-state index is 0.0242. The maximum atomic E-state index is 13.1. The normalized spacial score (nSPS) is 17.5. The Bertz CT molecular complexity index is 1040. The van der Waals surface area contributed by atoms with Crippen LogP contribution in [0.4, 0.5) is 0 Å². The van der Waals surface area contributed by atoms with Gasteiger partial charge in [0.2, 0.25) is 0 Å². The zero-order valence-corrected chi connectivity index (χ0v) is 19.8. The van der Waals surface area contributed by atoms with E-state index in [2.05, 4.69) is 0 Å². The molecule has 0 bridgehead atoms. The van der Waals surface area contributed by atoms with Gasteiger partial charge in [-0.05, 0) is 56.2 Å². The van der Waals surface area contributed by atoms with E-state index in [1.165, 1.54) is 19.1 Å². The van der Waals surface area contributed by atoms with Crippen LogP contribution in [-0.2, 0) is 9.59 Å². The molecule has 0 aromatic heterocycles. The highest BCUT2D eigenvalue weighted by Gasteiger charge is 2.45. The van der Waals surface area contributed by atoms with Crippen LogP contribution in [0.1, 0.15) is 50.8 Å². The van der Waals surface area contributed by atoms with E-state index in [0.717, 1.165) is 18.4 Å². The molecule has 0 spiro atoms. The van der Waals surface area contributed by atoms with E-state index in [9.17, 15) is 14.7 Å². The summed E-state index contributed by atoms with van der Waals surface area (Å²) in [6.07, 6.45) is 1.64. The Labute approximate surface area is 194 Å². The Kier molecular flexibility index (Phi) is 7.63. The highest BCUT2D eigenvalue weighted by Crippen LogP contribution is 2.41. The first-order chi connectivity index (χ1) is 15.8. The fourth-order valence-corrected chi connectivity index (χ4v) is 3.93. The Morgan fingerprint density at radius 1 is 1.03 bits per heavy atom. The van der Waals surface area contributed by atoms with Crippen molar-refractivity contribution in [3.8, 4) is 17.2 Å². The van der Waals surface area contributed by atoms with Gasteiger partial charge >= 0.3 is 0 Å². The van der Waals surface area contributed by atoms with Crippen molar-refractivity contribution < 1.29 is 28.9 Å². The number of amides is 1.